The molecule has 1 N–H and O–H groups in total. The number of hydrogen-bond donors (Lipinski definition) is 1. The summed E-state index contributed by atoms with van der Waals surface area (Å²) in [6.45, 7) is 9.10. The number of hydrogen-bond acceptors (Lipinski definition) is 2. The van der Waals surface area contributed by atoms with Crippen LogP contribution in [0.4, 0.5) is 4.39 Å². The molecule has 1 aliphatic rings. The summed E-state index contributed by atoms with van der Waals surface area (Å²) in [6, 6.07) is 5.53. The third kappa shape index (κ3) is 5.08. The largest absolute Gasteiger partial charge is 0.313 e. The average Bonchev–Trinajstić information content (AvgIpc) is 2.73. The van der Waals surface area contributed by atoms with Gasteiger partial charge >= 0.3 is 0 Å². The minimum atomic E-state index is -0.0634. The highest BCUT2D eigenvalue weighted by Gasteiger charge is 2.17. The highest BCUT2D eigenvalue weighted by Crippen LogP contribution is 2.22. The van der Waals surface area contributed by atoms with Gasteiger partial charge in [-0.3, -0.25) is 4.90 Å². The second-order valence-electron chi connectivity index (χ2n) is 6.19. The second-order valence-corrected chi connectivity index (χ2v) is 6.19. The van der Waals surface area contributed by atoms with Crippen LogP contribution >= 0.6 is 0 Å². The van der Waals surface area contributed by atoms with Crippen LogP contribution in [0.15, 0.2) is 18.2 Å². The topological polar surface area (TPSA) is 15.3 Å². The van der Waals surface area contributed by atoms with Crippen LogP contribution < -0.4 is 5.32 Å². The Bertz CT molecular complexity index is 433. The van der Waals surface area contributed by atoms with Gasteiger partial charge in [-0.15, -0.1) is 0 Å². The van der Waals surface area contributed by atoms with E-state index in [0.717, 1.165) is 44.2 Å². The van der Waals surface area contributed by atoms with Crippen LogP contribution in [-0.2, 0) is 13.1 Å². The van der Waals surface area contributed by atoms with E-state index in [1.807, 2.05) is 12.1 Å². The fraction of sp³-hybridized carbons (Fsp3) is 0.667. The molecule has 21 heavy (non-hydrogen) atoms. The lowest BCUT2D eigenvalue weighted by Gasteiger charge is -2.21. The van der Waals surface area contributed by atoms with Crippen molar-refractivity contribution in [3.63, 3.8) is 0 Å². The van der Waals surface area contributed by atoms with Crippen molar-refractivity contribution in [2.75, 3.05) is 19.6 Å². The van der Waals surface area contributed by atoms with E-state index in [1.54, 1.807) is 6.07 Å². The number of rotatable bonds is 6. The molecule has 2 rings (SSSR count). The van der Waals surface area contributed by atoms with E-state index in [0.29, 0.717) is 0 Å². The van der Waals surface area contributed by atoms with Gasteiger partial charge in [0, 0.05) is 18.7 Å². The van der Waals surface area contributed by atoms with Crippen LogP contribution in [0.25, 0.3) is 0 Å². The van der Waals surface area contributed by atoms with E-state index in [9.17, 15) is 4.39 Å². The molecule has 3 heteroatoms. The van der Waals surface area contributed by atoms with Crippen LogP contribution in [0.1, 0.15) is 50.7 Å². The quantitative estimate of drug-likeness (QED) is 0.854. The smallest absolute Gasteiger partial charge is 0.127 e. The summed E-state index contributed by atoms with van der Waals surface area (Å²) in [5, 5.41) is 3.30. The molecule has 0 amide bonds. The Kier molecular flexibility index (Phi) is 6.65. The van der Waals surface area contributed by atoms with Crippen molar-refractivity contribution in [3.8, 4) is 0 Å². The monoisotopic (exact) mass is 292 g/mol. The van der Waals surface area contributed by atoms with E-state index >= 15 is 0 Å². The molecule has 1 heterocycles. The van der Waals surface area contributed by atoms with Crippen molar-refractivity contribution in [2.24, 2.45) is 5.92 Å². The van der Waals surface area contributed by atoms with Crippen molar-refractivity contribution in [1.82, 2.24) is 10.2 Å². The highest BCUT2D eigenvalue weighted by molar-refractivity contribution is 5.25. The van der Waals surface area contributed by atoms with Gasteiger partial charge in [0.05, 0.1) is 0 Å². The first kappa shape index (κ1) is 16.4. The lowest BCUT2D eigenvalue weighted by Crippen LogP contribution is -2.25. The maximum Gasteiger partial charge on any atom is 0.127 e. The fourth-order valence-electron chi connectivity index (χ4n) is 3.16. The first-order valence-electron chi connectivity index (χ1n) is 8.43. The maximum atomic E-state index is 14.0. The summed E-state index contributed by atoms with van der Waals surface area (Å²) in [7, 11) is 0. The third-order valence-electron chi connectivity index (χ3n) is 4.60. The molecule has 118 valence electrons. The van der Waals surface area contributed by atoms with Gasteiger partial charge in [0.1, 0.15) is 5.82 Å². The molecule has 1 aromatic rings. The number of nitrogens with zero attached hydrogens (tertiary/aromatic N) is 1. The van der Waals surface area contributed by atoms with Crippen LogP contribution in [0, 0.1) is 11.7 Å². The van der Waals surface area contributed by atoms with Gasteiger partial charge < -0.3 is 5.32 Å². The van der Waals surface area contributed by atoms with E-state index in [-0.39, 0.29) is 5.82 Å². The van der Waals surface area contributed by atoms with E-state index < -0.39 is 0 Å². The molecule has 1 saturated heterocycles. The van der Waals surface area contributed by atoms with Gasteiger partial charge in [-0.2, -0.15) is 0 Å². The third-order valence-corrected chi connectivity index (χ3v) is 4.60. The first-order chi connectivity index (χ1) is 10.2. The Morgan fingerprint density at radius 2 is 2.10 bits per heavy atom. The average molecular weight is 292 g/mol. The summed E-state index contributed by atoms with van der Waals surface area (Å²) in [5.74, 6) is 0.798. The maximum absolute atomic E-state index is 14.0. The fourth-order valence-corrected chi connectivity index (χ4v) is 3.16. The highest BCUT2D eigenvalue weighted by atomic mass is 19.1. The summed E-state index contributed by atoms with van der Waals surface area (Å²) in [4.78, 5) is 2.42. The molecule has 1 aromatic carbocycles. The zero-order valence-electron chi connectivity index (χ0n) is 13.5. The van der Waals surface area contributed by atoms with Gasteiger partial charge in [0.25, 0.3) is 0 Å². The lowest BCUT2D eigenvalue weighted by atomic mass is 9.98. The van der Waals surface area contributed by atoms with Crippen molar-refractivity contribution in [2.45, 2.75) is 52.6 Å². The Hall–Kier alpha value is -0.930. The van der Waals surface area contributed by atoms with Crippen LogP contribution in [0.2, 0.25) is 0 Å². The Labute approximate surface area is 128 Å². The van der Waals surface area contributed by atoms with E-state index in [4.69, 9.17) is 0 Å². The molecule has 1 fully saturated rings. The van der Waals surface area contributed by atoms with Crippen molar-refractivity contribution in [3.05, 3.63) is 35.1 Å². The summed E-state index contributed by atoms with van der Waals surface area (Å²) in [6.07, 6.45) is 5.11. The predicted molar refractivity (Wildman–Crippen MR) is 86.7 cm³/mol. The summed E-state index contributed by atoms with van der Waals surface area (Å²) >= 11 is 0. The molecule has 0 aromatic heterocycles. The molecule has 1 atom stereocenters. The molecular weight excluding hydrogens is 263 g/mol. The van der Waals surface area contributed by atoms with Gasteiger partial charge in [-0.05, 0) is 56.4 Å². The van der Waals surface area contributed by atoms with Gasteiger partial charge in [-0.1, -0.05) is 32.4 Å². The summed E-state index contributed by atoms with van der Waals surface area (Å²) in [5.41, 5.74) is 2.02. The number of halogens is 1. The minimum Gasteiger partial charge on any atom is -0.313 e. The van der Waals surface area contributed by atoms with Gasteiger partial charge in [0.15, 0.2) is 0 Å². The molecule has 2 nitrogen and oxygen atoms in total. The minimum absolute atomic E-state index is 0.0634. The van der Waals surface area contributed by atoms with Crippen LogP contribution in [0.5, 0.6) is 0 Å². The molecule has 0 saturated carbocycles. The van der Waals surface area contributed by atoms with Gasteiger partial charge in [0.2, 0.25) is 0 Å². The Balaban J connectivity index is 1.97. The predicted octanol–water partition coefficient (Wildman–Crippen LogP) is 3.95. The van der Waals surface area contributed by atoms with Gasteiger partial charge in [-0.25, -0.2) is 4.39 Å². The van der Waals surface area contributed by atoms with Crippen molar-refractivity contribution < 1.29 is 4.39 Å². The molecular formula is C18H29FN2. The molecule has 0 bridgehead atoms. The molecule has 1 aliphatic heterocycles. The Morgan fingerprint density at radius 3 is 2.86 bits per heavy atom. The Morgan fingerprint density at radius 1 is 1.24 bits per heavy atom. The SMILES string of the molecule is CCNCc1ccc(F)c(CN2CCCC(CC)CC2)c1. The first-order valence-corrected chi connectivity index (χ1v) is 8.43. The zero-order valence-corrected chi connectivity index (χ0v) is 13.5. The number of likely N-dealkylation sites (tertiary alicyclic amines) is 1. The van der Waals surface area contributed by atoms with Crippen LogP contribution in [0.3, 0.4) is 0 Å². The van der Waals surface area contributed by atoms with Crippen LogP contribution in [-0.4, -0.2) is 24.5 Å². The standard InChI is InChI=1S/C18H29FN2/c1-3-15-6-5-10-21(11-9-15)14-17-12-16(13-20-4-2)7-8-18(17)19/h7-8,12,15,20H,3-6,9-11,13-14H2,1-2H3. The zero-order chi connectivity index (χ0) is 15.1. The van der Waals surface area contributed by atoms with E-state index in [1.165, 1.54) is 31.2 Å². The molecule has 0 aliphatic carbocycles. The second kappa shape index (κ2) is 8.50. The molecule has 1 unspecified atom stereocenters. The molecule has 0 spiro atoms. The lowest BCUT2D eigenvalue weighted by molar-refractivity contribution is 0.268. The number of benzene rings is 1. The number of nitrogens with one attached hydrogen (secondary N) is 1. The van der Waals surface area contributed by atoms with Crippen molar-refractivity contribution in [1.29, 1.82) is 0 Å². The normalized spacial score (nSPS) is 20.4. The molecule has 0 radical (unpaired) electrons. The summed E-state index contributed by atoms with van der Waals surface area (Å²) < 4.78 is 14.0. The van der Waals surface area contributed by atoms with E-state index in [2.05, 4.69) is 24.1 Å². The van der Waals surface area contributed by atoms with Crippen molar-refractivity contribution >= 4 is 0 Å².